The fourth-order valence-electron chi connectivity index (χ4n) is 2.21. The summed E-state index contributed by atoms with van der Waals surface area (Å²) >= 11 is 1.72. The highest BCUT2D eigenvalue weighted by Crippen LogP contribution is 2.37. The van der Waals surface area contributed by atoms with Gasteiger partial charge in [-0.2, -0.15) is 0 Å². The zero-order valence-electron chi connectivity index (χ0n) is 12.6. The number of nitrogens with zero attached hydrogens (tertiary/aromatic N) is 1. The van der Waals surface area contributed by atoms with E-state index in [4.69, 9.17) is 14.5 Å². The minimum absolute atomic E-state index is 0.710. The molecule has 1 heterocycles. The molecule has 0 aliphatic heterocycles. The van der Waals surface area contributed by atoms with E-state index in [2.05, 4.69) is 12.2 Å². The number of benzene rings is 1. The van der Waals surface area contributed by atoms with Crippen LogP contribution in [0.15, 0.2) is 18.2 Å². The minimum atomic E-state index is 0.710. The Kier molecular flexibility index (Phi) is 4.12. The van der Waals surface area contributed by atoms with Gasteiger partial charge in [0.05, 0.1) is 25.5 Å². The highest BCUT2D eigenvalue weighted by atomic mass is 32.1. The summed E-state index contributed by atoms with van der Waals surface area (Å²) in [6.45, 7) is 2.97. The molecule has 1 fully saturated rings. The van der Waals surface area contributed by atoms with Gasteiger partial charge in [-0.1, -0.05) is 0 Å². The molecule has 0 bridgehead atoms. The molecule has 0 atom stereocenters. The quantitative estimate of drug-likeness (QED) is 0.888. The molecule has 1 aliphatic carbocycles. The first-order chi connectivity index (χ1) is 10.2. The average Bonchev–Trinajstić information content (AvgIpc) is 3.27. The minimum Gasteiger partial charge on any atom is -0.497 e. The Morgan fingerprint density at radius 1 is 1.29 bits per heavy atom. The summed E-state index contributed by atoms with van der Waals surface area (Å²) in [6.07, 6.45) is 2.60. The van der Waals surface area contributed by atoms with Gasteiger partial charge in [-0.3, -0.25) is 0 Å². The van der Waals surface area contributed by atoms with Crippen molar-refractivity contribution in [1.29, 1.82) is 0 Å². The zero-order chi connectivity index (χ0) is 14.8. The van der Waals surface area contributed by atoms with Gasteiger partial charge in [0.15, 0.2) is 0 Å². The molecule has 0 amide bonds. The highest BCUT2D eigenvalue weighted by Gasteiger charge is 2.21. The van der Waals surface area contributed by atoms with Gasteiger partial charge in [0.1, 0.15) is 16.5 Å². The Bertz CT molecular complexity index is 635. The first kappa shape index (κ1) is 14.4. The van der Waals surface area contributed by atoms with Crippen LogP contribution in [0.25, 0.3) is 10.6 Å². The van der Waals surface area contributed by atoms with E-state index in [1.165, 1.54) is 17.7 Å². The number of hydrogen-bond donors (Lipinski definition) is 1. The molecule has 1 saturated carbocycles. The fourth-order valence-corrected chi connectivity index (χ4v) is 3.25. The third-order valence-corrected chi connectivity index (χ3v) is 4.85. The Morgan fingerprint density at radius 2 is 2.10 bits per heavy atom. The number of aryl methyl sites for hydroxylation is 1. The normalized spacial score (nSPS) is 14.2. The Hall–Kier alpha value is -1.59. The molecule has 0 spiro atoms. The van der Waals surface area contributed by atoms with E-state index in [-0.39, 0.29) is 0 Å². The first-order valence-electron chi connectivity index (χ1n) is 7.13. The Balaban J connectivity index is 1.89. The summed E-state index contributed by atoms with van der Waals surface area (Å²) in [5.74, 6) is 1.64. The van der Waals surface area contributed by atoms with Gasteiger partial charge in [0, 0.05) is 17.5 Å². The van der Waals surface area contributed by atoms with Crippen molar-refractivity contribution in [3.63, 3.8) is 0 Å². The number of rotatable bonds is 6. The van der Waals surface area contributed by atoms with Crippen LogP contribution in [-0.2, 0) is 6.54 Å². The molecule has 1 aromatic carbocycles. The van der Waals surface area contributed by atoms with Crippen LogP contribution in [0.5, 0.6) is 11.5 Å². The lowest BCUT2D eigenvalue weighted by Gasteiger charge is -2.08. The summed E-state index contributed by atoms with van der Waals surface area (Å²) in [5.41, 5.74) is 2.08. The van der Waals surface area contributed by atoms with Crippen LogP contribution in [-0.4, -0.2) is 25.2 Å². The molecular formula is C16H20N2O2S. The van der Waals surface area contributed by atoms with Crippen molar-refractivity contribution in [2.45, 2.75) is 32.4 Å². The van der Waals surface area contributed by atoms with Crippen molar-refractivity contribution in [3.8, 4) is 22.1 Å². The monoisotopic (exact) mass is 304 g/mol. The Labute approximate surface area is 129 Å². The van der Waals surface area contributed by atoms with Crippen LogP contribution in [0.3, 0.4) is 0 Å². The van der Waals surface area contributed by atoms with Gasteiger partial charge in [0.2, 0.25) is 0 Å². The molecular weight excluding hydrogens is 284 g/mol. The number of aromatic nitrogens is 1. The van der Waals surface area contributed by atoms with Gasteiger partial charge in [-0.15, -0.1) is 11.3 Å². The molecule has 1 aliphatic rings. The maximum absolute atomic E-state index is 5.45. The lowest BCUT2D eigenvalue weighted by atomic mass is 10.2. The second kappa shape index (κ2) is 6.03. The molecule has 2 aromatic rings. The molecule has 112 valence electrons. The van der Waals surface area contributed by atoms with E-state index in [9.17, 15) is 0 Å². The summed E-state index contributed by atoms with van der Waals surface area (Å²) in [6, 6.07) is 6.52. The zero-order valence-corrected chi connectivity index (χ0v) is 13.4. The van der Waals surface area contributed by atoms with Crippen LogP contribution in [0.1, 0.15) is 23.4 Å². The van der Waals surface area contributed by atoms with Crippen molar-refractivity contribution >= 4 is 11.3 Å². The van der Waals surface area contributed by atoms with Gasteiger partial charge in [0.25, 0.3) is 0 Å². The van der Waals surface area contributed by atoms with E-state index in [0.29, 0.717) is 6.04 Å². The predicted octanol–water partition coefficient (Wildman–Crippen LogP) is 3.39. The molecule has 1 aromatic heterocycles. The molecule has 0 radical (unpaired) electrons. The van der Waals surface area contributed by atoms with E-state index in [1.54, 1.807) is 25.6 Å². The van der Waals surface area contributed by atoms with Gasteiger partial charge in [-0.25, -0.2) is 4.98 Å². The molecule has 3 rings (SSSR count). The summed E-state index contributed by atoms with van der Waals surface area (Å²) < 4.78 is 10.8. The van der Waals surface area contributed by atoms with Gasteiger partial charge < -0.3 is 14.8 Å². The van der Waals surface area contributed by atoms with Crippen molar-refractivity contribution in [2.75, 3.05) is 14.2 Å². The first-order valence-corrected chi connectivity index (χ1v) is 7.95. The van der Waals surface area contributed by atoms with Crippen LogP contribution in [0, 0.1) is 6.92 Å². The maximum Gasteiger partial charge on any atom is 0.129 e. The molecule has 21 heavy (non-hydrogen) atoms. The lowest BCUT2D eigenvalue weighted by Crippen LogP contribution is -2.14. The SMILES string of the molecule is COc1ccc(OC)c(-c2nc(C)c(CNC3CC3)s2)c1. The number of methoxy groups -OCH3 is 2. The topological polar surface area (TPSA) is 43.4 Å². The summed E-state index contributed by atoms with van der Waals surface area (Å²) in [5, 5.41) is 4.53. The van der Waals surface area contributed by atoms with E-state index >= 15 is 0 Å². The van der Waals surface area contributed by atoms with Crippen LogP contribution in [0.4, 0.5) is 0 Å². The Morgan fingerprint density at radius 3 is 2.76 bits per heavy atom. The third kappa shape index (κ3) is 3.19. The van der Waals surface area contributed by atoms with Crippen molar-refractivity contribution in [1.82, 2.24) is 10.3 Å². The highest BCUT2D eigenvalue weighted by molar-refractivity contribution is 7.15. The summed E-state index contributed by atoms with van der Waals surface area (Å²) in [7, 11) is 3.35. The smallest absolute Gasteiger partial charge is 0.129 e. The van der Waals surface area contributed by atoms with Crippen LogP contribution in [0.2, 0.25) is 0 Å². The average molecular weight is 304 g/mol. The number of hydrogen-bond acceptors (Lipinski definition) is 5. The lowest BCUT2D eigenvalue weighted by molar-refractivity contribution is 0.404. The number of nitrogens with one attached hydrogen (secondary N) is 1. The number of ether oxygens (including phenoxy) is 2. The van der Waals surface area contributed by atoms with Gasteiger partial charge in [-0.05, 0) is 38.0 Å². The van der Waals surface area contributed by atoms with Crippen molar-refractivity contribution in [3.05, 3.63) is 28.8 Å². The predicted molar refractivity (Wildman–Crippen MR) is 85.3 cm³/mol. The maximum atomic E-state index is 5.45. The van der Waals surface area contributed by atoms with E-state index in [1.807, 2.05) is 18.2 Å². The van der Waals surface area contributed by atoms with Crippen LogP contribution < -0.4 is 14.8 Å². The molecule has 4 nitrogen and oxygen atoms in total. The van der Waals surface area contributed by atoms with Crippen molar-refractivity contribution < 1.29 is 9.47 Å². The fraction of sp³-hybridized carbons (Fsp3) is 0.438. The van der Waals surface area contributed by atoms with E-state index in [0.717, 1.165) is 34.3 Å². The second-order valence-electron chi connectivity index (χ2n) is 5.25. The molecule has 5 heteroatoms. The van der Waals surface area contributed by atoms with Crippen molar-refractivity contribution in [2.24, 2.45) is 0 Å². The van der Waals surface area contributed by atoms with E-state index < -0.39 is 0 Å². The third-order valence-electron chi connectivity index (χ3n) is 3.66. The molecule has 1 N–H and O–H groups in total. The van der Waals surface area contributed by atoms with Gasteiger partial charge >= 0.3 is 0 Å². The second-order valence-corrected chi connectivity index (χ2v) is 6.33. The standard InChI is InChI=1S/C16H20N2O2S/c1-10-15(9-17-11-4-5-11)21-16(18-10)13-8-12(19-2)6-7-14(13)20-3/h6-8,11,17H,4-5,9H2,1-3H3. The molecule has 0 saturated heterocycles. The summed E-state index contributed by atoms with van der Waals surface area (Å²) in [4.78, 5) is 6.00. The van der Waals surface area contributed by atoms with Crippen LogP contribution >= 0.6 is 11.3 Å². The number of thiazole rings is 1. The largest absolute Gasteiger partial charge is 0.497 e. The molecule has 0 unspecified atom stereocenters.